The Morgan fingerprint density at radius 2 is 2.10 bits per heavy atom. The highest BCUT2D eigenvalue weighted by molar-refractivity contribution is 5.00. The summed E-state index contributed by atoms with van der Waals surface area (Å²) in [5.74, 6) is 0. The predicted molar refractivity (Wildman–Crippen MR) is 42.6 cm³/mol. The minimum absolute atomic E-state index is 0.0694. The topological polar surface area (TPSA) is 35.8 Å². The summed E-state index contributed by atoms with van der Waals surface area (Å²) in [6.07, 6.45) is 1.00. The maximum atomic E-state index is 8.54. The van der Waals surface area contributed by atoms with Crippen LogP contribution in [0.1, 0.15) is 27.2 Å². The molecule has 1 aliphatic heterocycles. The summed E-state index contributed by atoms with van der Waals surface area (Å²) in [5, 5.41) is 11.7. The van der Waals surface area contributed by atoms with Crippen LogP contribution in [0.25, 0.3) is 0 Å². The van der Waals surface area contributed by atoms with Crippen LogP contribution in [0.15, 0.2) is 0 Å². The second-order valence-corrected chi connectivity index (χ2v) is 2.60. The van der Waals surface area contributed by atoms with Crippen LogP contribution in [0.2, 0.25) is 0 Å². The van der Waals surface area contributed by atoms with E-state index in [4.69, 9.17) is 5.26 Å². The summed E-state index contributed by atoms with van der Waals surface area (Å²) in [4.78, 5) is 0. The molecule has 1 saturated heterocycles. The molecule has 1 aliphatic rings. The Bertz CT molecular complexity index is 118. The minimum atomic E-state index is -0.0694. The number of nitrogens with zero attached hydrogens (tertiary/aromatic N) is 1. The highest BCUT2D eigenvalue weighted by Gasteiger charge is 2.27. The fraction of sp³-hybridized carbons (Fsp3) is 0.875. The van der Waals surface area contributed by atoms with Crippen molar-refractivity contribution in [1.82, 2.24) is 5.32 Å². The third-order valence-corrected chi connectivity index (χ3v) is 1.64. The highest BCUT2D eigenvalue weighted by Crippen LogP contribution is 2.21. The van der Waals surface area contributed by atoms with E-state index < -0.39 is 0 Å². The van der Waals surface area contributed by atoms with Gasteiger partial charge in [0.1, 0.15) is 0 Å². The molecule has 1 heterocycles. The molecule has 0 aliphatic carbocycles. The molecule has 0 amide bonds. The van der Waals surface area contributed by atoms with Gasteiger partial charge in [0.15, 0.2) is 0 Å². The molecule has 2 heteroatoms. The fourth-order valence-corrected chi connectivity index (χ4v) is 0.912. The van der Waals surface area contributed by atoms with Crippen LogP contribution in [0.3, 0.4) is 0 Å². The van der Waals surface area contributed by atoms with Gasteiger partial charge in [-0.25, -0.2) is 0 Å². The first-order chi connectivity index (χ1) is 4.77. The zero-order chi connectivity index (χ0) is 8.04. The zero-order valence-electron chi connectivity index (χ0n) is 7.07. The average molecular weight is 140 g/mol. The number of hydrogen-bond acceptors (Lipinski definition) is 2. The summed E-state index contributed by atoms with van der Waals surface area (Å²) < 4.78 is 0. The lowest BCUT2D eigenvalue weighted by molar-refractivity contribution is 0.496. The standard InChI is InChI=1S/C6H10N2.C2H6/c1-6(4-7)2-3-8-5-6;1-2/h8H,2-3,5H2,1H3;1-2H3/t6-;/m1./s1. The molecule has 0 aromatic carbocycles. The third-order valence-electron chi connectivity index (χ3n) is 1.64. The second kappa shape index (κ2) is 4.29. The van der Waals surface area contributed by atoms with Crippen LogP contribution in [0, 0.1) is 16.7 Å². The van der Waals surface area contributed by atoms with E-state index in [1.165, 1.54) is 0 Å². The van der Waals surface area contributed by atoms with Gasteiger partial charge in [-0.15, -0.1) is 0 Å². The number of nitrogens with one attached hydrogen (secondary N) is 1. The average Bonchev–Trinajstić information content (AvgIpc) is 2.42. The van der Waals surface area contributed by atoms with Gasteiger partial charge in [0.05, 0.1) is 11.5 Å². The van der Waals surface area contributed by atoms with Crippen molar-refractivity contribution in [2.75, 3.05) is 13.1 Å². The SMILES string of the molecule is CC.C[C@]1(C#N)CCNC1. The molecule has 1 atom stereocenters. The lowest BCUT2D eigenvalue weighted by atomic mass is 9.92. The van der Waals surface area contributed by atoms with Crippen LogP contribution < -0.4 is 5.32 Å². The van der Waals surface area contributed by atoms with Gasteiger partial charge in [-0.1, -0.05) is 13.8 Å². The first-order valence-corrected chi connectivity index (χ1v) is 3.89. The molecule has 0 aromatic rings. The Morgan fingerprint density at radius 3 is 2.30 bits per heavy atom. The van der Waals surface area contributed by atoms with Crippen LogP contribution in [0.4, 0.5) is 0 Å². The molecule has 0 aromatic heterocycles. The summed E-state index contributed by atoms with van der Waals surface area (Å²) in [6, 6.07) is 2.28. The molecule has 1 fully saturated rings. The number of hydrogen-bond donors (Lipinski definition) is 1. The van der Waals surface area contributed by atoms with Gasteiger partial charge < -0.3 is 5.32 Å². The maximum Gasteiger partial charge on any atom is 0.0700 e. The van der Waals surface area contributed by atoms with Gasteiger partial charge in [0.2, 0.25) is 0 Å². The smallest absolute Gasteiger partial charge is 0.0700 e. The first kappa shape index (κ1) is 9.45. The summed E-state index contributed by atoms with van der Waals surface area (Å²) in [7, 11) is 0. The Kier molecular flexibility index (Phi) is 4.06. The molecular weight excluding hydrogens is 124 g/mol. The molecule has 0 spiro atoms. The quantitative estimate of drug-likeness (QED) is 0.554. The molecule has 1 rings (SSSR count). The monoisotopic (exact) mass is 140 g/mol. The van der Waals surface area contributed by atoms with Gasteiger partial charge in [0, 0.05) is 6.54 Å². The first-order valence-electron chi connectivity index (χ1n) is 3.89. The number of nitriles is 1. The van der Waals surface area contributed by atoms with Crippen molar-refractivity contribution in [1.29, 1.82) is 5.26 Å². The van der Waals surface area contributed by atoms with Crippen LogP contribution in [-0.4, -0.2) is 13.1 Å². The summed E-state index contributed by atoms with van der Waals surface area (Å²) in [5.41, 5.74) is -0.0694. The summed E-state index contributed by atoms with van der Waals surface area (Å²) >= 11 is 0. The molecular formula is C8H16N2. The normalized spacial score (nSPS) is 30.2. The van der Waals surface area contributed by atoms with Crippen LogP contribution >= 0.6 is 0 Å². The van der Waals surface area contributed by atoms with E-state index in [1.807, 2.05) is 20.8 Å². The van der Waals surface area contributed by atoms with E-state index in [9.17, 15) is 0 Å². The van der Waals surface area contributed by atoms with Crippen molar-refractivity contribution >= 4 is 0 Å². The van der Waals surface area contributed by atoms with Gasteiger partial charge in [-0.2, -0.15) is 5.26 Å². The van der Waals surface area contributed by atoms with Gasteiger partial charge in [0.25, 0.3) is 0 Å². The number of rotatable bonds is 0. The summed E-state index contributed by atoms with van der Waals surface area (Å²) in [6.45, 7) is 7.86. The van der Waals surface area contributed by atoms with E-state index in [0.717, 1.165) is 19.5 Å². The van der Waals surface area contributed by atoms with E-state index >= 15 is 0 Å². The third kappa shape index (κ3) is 2.36. The van der Waals surface area contributed by atoms with Crippen molar-refractivity contribution < 1.29 is 0 Å². The molecule has 1 N–H and O–H groups in total. The van der Waals surface area contributed by atoms with Crippen molar-refractivity contribution in [3.63, 3.8) is 0 Å². The van der Waals surface area contributed by atoms with Crippen molar-refractivity contribution in [3.05, 3.63) is 0 Å². The lowest BCUT2D eigenvalue weighted by Gasteiger charge is -2.08. The Labute approximate surface area is 63.2 Å². The van der Waals surface area contributed by atoms with E-state index in [1.54, 1.807) is 0 Å². The molecule has 0 saturated carbocycles. The van der Waals surface area contributed by atoms with Crippen LogP contribution in [-0.2, 0) is 0 Å². The largest absolute Gasteiger partial charge is 0.315 e. The van der Waals surface area contributed by atoms with Crippen molar-refractivity contribution in [2.24, 2.45) is 5.41 Å². The molecule has 0 unspecified atom stereocenters. The molecule has 58 valence electrons. The predicted octanol–water partition coefficient (Wildman–Crippen LogP) is 1.54. The Morgan fingerprint density at radius 1 is 1.50 bits per heavy atom. The fourth-order valence-electron chi connectivity index (χ4n) is 0.912. The Balaban J connectivity index is 0.000000371. The van der Waals surface area contributed by atoms with E-state index in [-0.39, 0.29) is 5.41 Å². The Hall–Kier alpha value is -0.550. The molecule has 0 bridgehead atoms. The van der Waals surface area contributed by atoms with Gasteiger partial charge in [-0.3, -0.25) is 0 Å². The maximum absolute atomic E-state index is 8.54. The van der Waals surface area contributed by atoms with Gasteiger partial charge >= 0.3 is 0 Å². The molecule has 10 heavy (non-hydrogen) atoms. The van der Waals surface area contributed by atoms with E-state index in [2.05, 4.69) is 11.4 Å². The lowest BCUT2D eigenvalue weighted by Crippen LogP contribution is -2.17. The molecule has 0 radical (unpaired) electrons. The minimum Gasteiger partial charge on any atom is -0.315 e. The zero-order valence-corrected chi connectivity index (χ0v) is 7.07. The highest BCUT2D eigenvalue weighted by atomic mass is 14.9. The van der Waals surface area contributed by atoms with Crippen molar-refractivity contribution in [2.45, 2.75) is 27.2 Å². The second-order valence-electron chi connectivity index (χ2n) is 2.60. The molecule has 2 nitrogen and oxygen atoms in total. The van der Waals surface area contributed by atoms with Crippen molar-refractivity contribution in [3.8, 4) is 6.07 Å². The van der Waals surface area contributed by atoms with E-state index in [0.29, 0.717) is 0 Å². The van der Waals surface area contributed by atoms with Crippen LogP contribution in [0.5, 0.6) is 0 Å². The van der Waals surface area contributed by atoms with Gasteiger partial charge in [-0.05, 0) is 19.9 Å².